The lowest BCUT2D eigenvalue weighted by Gasteiger charge is -2.22. The van der Waals surface area contributed by atoms with E-state index in [0.29, 0.717) is 19.6 Å². The van der Waals surface area contributed by atoms with Crippen molar-refractivity contribution < 1.29 is 19.4 Å². The van der Waals surface area contributed by atoms with Crippen molar-refractivity contribution in [3.05, 3.63) is 0 Å². The van der Waals surface area contributed by atoms with E-state index in [0.717, 1.165) is 6.42 Å². The van der Waals surface area contributed by atoms with Crippen molar-refractivity contribution in [2.24, 2.45) is 0 Å². The number of amides is 1. The molecule has 0 heterocycles. The van der Waals surface area contributed by atoms with Crippen LogP contribution in [-0.4, -0.2) is 60.8 Å². The van der Waals surface area contributed by atoms with Gasteiger partial charge in [0.05, 0.1) is 12.6 Å². The molecule has 2 N–H and O–H groups in total. The Balaban J connectivity index is 3.82. The van der Waals surface area contributed by atoms with Crippen LogP contribution in [0.25, 0.3) is 0 Å². The maximum absolute atomic E-state index is 11.6. The van der Waals surface area contributed by atoms with Crippen molar-refractivity contribution >= 4 is 11.9 Å². The maximum atomic E-state index is 11.6. The summed E-state index contributed by atoms with van der Waals surface area (Å²) in [5.74, 6) is -1.06. The van der Waals surface area contributed by atoms with Crippen LogP contribution in [0.4, 0.5) is 0 Å². The summed E-state index contributed by atoms with van der Waals surface area (Å²) in [4.78, 5) is 24.1. The number of nitrogens with one attached hydrogen (secondary N) is 1. The third kappa shape index (κ3) is 8.56. The Hall–Kier alpha value is -1.14. The Morgan fingerprint density at radius 3 is 2.47 bits per heavy atom. The van der Waals surface area contributed by atoms with Gasteiger partial charge in [0.25, 0.3) is 0 Å². The van der Waals surface area contributed by atoms with Crippen LogP contribution in [0.1, 0.15) is 33.6 Å². The lowest BCUT2D eigenvalue weighted by Crippen LogP contribution is -2.44. The Kier molecular flexibility index (Phi) is 9.16. The molecule has 1 atom stereocenters. The van der Waals surface area contributed by atoms with E-state index in [4.69, 9.17) is 9.84 Å². The van der Waals surface area contributed by atoms with E-state index < -0.39 is 12.0 Å². The van der Waals surface area contributed by atoms with Gasteiger partial charge in [0.15, 0.2) is 0 Å². The predicted octanol–water partition coefficient (Wildman–Crippen LogP) is 0.713. The minimum absolute atomic E-state index is 0.0931. The summed E-state index contributed by atoms with van der Waals surface area (Å²) in [6.07, 6.45) is 1.42. The summed E-state index contributed by atoms with van der Waals surface area (Å²) in [6.45, 7) is 6.96. The van der Waals surface area contributed by atoms with E-state index >= 15 is 0 Å². The lowest BCUT2D eigenvalue weighted by atomic mass is 10.2. The second-order valence-electron chi connectivity index (χ2n) is 4.80. The van der Waals surface area contributed by atoms with Gasteiger partial charge in [-0.2, -0.15) is 0 Å². The van der Waals surface area contributed by atoms with Gasteiger partial charge >= 0.3 is 5.97 Å². The Morgan fingerprint density at radius 2 is 2.00 bits per heavy atom. The van der Waals surface area contributed by atoms with Crippen molar-refractivity contribution in [1.29, 1.82) is 0 Å². The number of ether oxygens (including phenoxy) is 1. The van der Waals surface area contributed by atoms with Crippen molar-refractivity contribution in [2.75, 3.05) is 26.7 Å². The Bertz CT molecular complexity index is 282. The summed E-state index contributed by atoms with van der Waals surface area (Å²) in [5, 5.41) is 11.7. The van der Waals surface area contributed by atoms with Gasteiger partial charge in [-0.05, 0) is 33.7 Å². The van der Waals surface area contributed by atoms with Crippen LogP contribution in [0.2, 0.25) is 0 Å². The number of carboxylic acid groups (broad SMARTS) is 1. The molecule has 0 aliphatic heterocycles. The smallest absolute Gasteiger partial charge is 0.320 e. The van der Waals surface area contributed by atoms with Gasteiger partial charge in [0, 0.05) is 13.2 Å². The summed E-state index contributed by atoms with van der Waals surface area (Å²) in [6, 6.07) is -0.616. The molecule has 1 amide bonds. The zero-order chi connectivity index (χ0) is 14.8. The van der Waals surface area contributed by atoms with Gasteiger partial charge < -0.3 is 15.2 Å². The average molecular weight is 274 g/mol. The van der Waals surface area contributed by atoms with Gasteiger partial charge in [-0.15, -0.1) is 0 Å². The summed E-state index contributed by atoms with van der Waals surface area (Å²) in [5.41, 5.74) is 0. The van der Waals surface area contributed by atoms with Gasteiger partial charge in [-0.3, -0.25) is 14.5 Å². The Labute approximate surface area is 115 Å². The fourth-order valence-electron chi connectivity index (χ4n) is 1.69. The van der Waals surface area contributed by atoms with Crippen LogP contribution in [0.15, 0.2) is 0 Å². The number of likely N-dealkylation sites (N-methyl/N-ethyl adjacent to an activating group) is 1. The average Bonchev–Trinajstić information content (AvgIpc) is 2.28. The normalized spacial score (nSPS) is 12.7. The number of rotatable bonds is 10. The van der Waals surface area contributed by atoms with Crippen LogP contribution < -0.4 is 5.32 Å². The summed E-state index contributed by atoms with van der Waals surface area (Å²) in [7, 11) is 1.64. The third-order valence-electron chi connectivity index (χ3n) is 2.69. The number of nitrogens with zero attached hydrogens (tertiary/aromatic N) is 1. The fourth-order valence-corrected chi connectivity index (χ4v) is 1.69. The molecule has 0 aromatic carbocycles. The minimum atomic E-state index is -0.900. The number of carboxylic acids is 1. The number of hydrogen-bond acceptors (Lipinski definition) is 4. The topological polar surface area (TPSA) is 78.9 Å². The van der Waals surface area contributed by atoms with E-state index in [2.05, 4.69) is 5.32 Å². The number of carbonyl (C=O) groups is 2. The molecule has 19 heavy (non-hydrogen) atoms. The molecule has 6 nitrogen and oxygen atoms in total. The van der Waals surface area contributed by atoms with Crippen LogP contribution >= 0.6 is 0 Å². The highest BCUT2D eigenvalue weighted by molar-refractivity contribution is 5.79. The first kappa shape index (κ1) is 17.9. The molecule has 6 heteroatoms. The highest BCUT2D eigenvalue weighted by Crippen LogP contribution is 2.01. The highest BCUT2D eigenvalue weighted by Gasteiger charge is 2.21. The van der Waals surface area contributed by atoms with E-state index in [9.17, 15) is 9.59 Å². The maximum Gasteiger partial charge on any atom is 0.320 e. The standard InChI is InChI=1S/C13H26N2O4/c1-5-11(13(17)18)15(4)9-12(16)14-7-6-8-19-10(2)3/h10-11H,5-9H2,1-4H3,(H,14,16)(H,17,18). The zero-order valence-corrected chi connectivity index (χ0v) is 12.3. The zero-order valence-electron chi connectivity index (χ0n) is 12.3. The fraction of sp³-hybridized carbons (Fsp3) is 0.846. The molecular formula is C13H26N2O4. The van der Waals surface area contributed by atoms with Gasteiger partial charge in [-0.25, -0.2) is 0 Å². The Morgan fingerprint density at radius 1 is 1.37 bits per heavy atom. The van der Waals surface area contributed by atoms with Crippen LogP contribution in [0.5, 0.6) is 0 Å². The number of aliphatic carboxylic acids is 1. The molecule has 0 aliphatic carbocycles. The molecule has 0 bridgehead atoms. The largest absolute Gasteiger partial charge is 0.480 e. The van der Waals surface area contributed by atoms with Gasteiger partial charge in [0.2, 0.25) is 5.91 Å². The molecule has 0 spiro atoms. The molecule has 0 saturated heterocycles. The van der Waals surface area contributed by atoms with E-state index in [1.807, 2.05) is 13.8 Å². The monoisotopic (exact) mass is 274 g/mol. The molecule has 0 fully saturated rings. The van der Waals surface area contributed by atoms with Crippen LogP contribution in [-0.2, 0) is 14.3 Å². The van der Waals surface area contributed by atoms with E-state index in [-0.39, 0.29) is 18.6 Å². The first-order chi connectivity index (χ1) is 8.88. The SMILES string of the molecule is CCC(C(=O)O)N(C)CC(=O)NCCCOC(C)C. The molecule has 0 aromatic rings. The van der Waals surface area contributed by atoms with Crippen molar-refractivity contribution in [2.45, 2.75) is 45.8 Å². The van der Waals surface area contributed by atoms with Crippen LogP contribution in [0, 0.1) is 0 Å². The molecule has 1 unspecified atom stereocenters. The number of hydrogen-bond donors (Lipinski definition) is 2. The predicted molar refractivity (Wildman–Crippen MR) is 73.1 cm³/mol. The molecule has 112 valence electrons. The highest BCUT2D eigenvalue weighted by atomic mass is 16.5. The lowest BCUT2D eigenvalue weighted by molar-refractivity contribution is -0.143. The van der Waals surface area contributed by atoms with Crippen molar-refractivity contribution in [3.63, 3.8) is 0 Å². The molecule has 0 saturated carbocycles. The molecule has 0 aromatic heterocycles. The molecule has 0 radical (unpaired) electrons. The van der Waals surface area contributed by atoms with Gasteiger partial charge in [0.1, 0.15) is 6.04 Å². The summed E-state index contributed by atoms with van der Waals surface area (Å²) < 4.78 is 5.35. The van der Waals surface area contributed by atoms with Gasteiger partial charge in [-0.1, -0.05) is 6.92 Å². The van der Waals surface area contributed by atoms with E-state index in [1.165, 1.54) is 0 Å². The third-order valence-corrected chi connectivity index (χ3v) is 2.69. The minimum Gasteiger partial charge on any atom is -0.480 e. The second-order valence-corrected chi connectivity index (χ2v) is 4.80. The first-order valence-electron chi connectivity index (χ1n) is 6.69. The van der Waals surface area contributed by atoms with Crippen molar-refractivity contribution in [3.8, 4) is 0 Å². The number of carbonyl (C=O) groups excluding carboxylic acids is 1. The van der Waals surface area contributed by atoms with Crippen molar-refractivity contribution in [1.82, 2.24) is 10.2 Å². The molecule has 0 aliphatic rings. The summed E-state index contributed by atoms with van der Waals surface area (Å²) >= 11 is 0. The van der Waals surface area contributed by atoms with Crippen LogP contribution in [0.3, 0.4) is 0 Å². The molecular weight excluding hydrogens is 248 g/mol. The molecule has 0 rings (SSSR count). The second kappa shape index (κ2) is 9.75. The first-order valence-corrected chi connectivity index (χ1v) is 6.69. The van der Waals surface area contributed by atoms with E-state index in [1.54, 1.807) is 18.9 Å². The quantitative estimate of drug-likeness (QED) is 0.574.